The summed E-state index contributed by atoms with van der Waals surface area (Å²) in [4.78, 5) is 31.1. The number of hydrogen-bond acceptors (Lipinski definition) is 6. The van der Waals surface area contributed by atoms with Crippen LogP contribution in [0.4, 0.5) is 0 Å². The molecule has 2 aromatic heterocycles. The van der Waals surface area contributed by atoms with Gasteiger partial charge in [-0.25, -0.2) is 9.67 Å². The molecule has 0 aliphatic rings. The van der Waals surface area contributed by atoms with E-state index in [9.17, 15) is 9.59 Å². The van der Waals surface area contributed by atoms with Crippen molar-refractivity contribution in [2.45, 2.75) is 24.3 Å². The number of fused-ring (bicyclic) bond motifs is 1. The molecular formula is C16H16N4O3S. The number of carbonyl (C=O) groups is 1. The maximum Gasteiger partial charge on any atom is 0.319 e. The van der Waals surface area contributed by atoms with Crippen LogP contribution in [0.3, 0.4) is 0 Å². The molecular weight excluding hydrogens is 328 g/mol. The minimum absolute atomic E-state index is 0.291. The number of nitrogens with zero attached hydrogens (tertiary/aromatic N) is 3. The molecule has 0 amide bonds. The molecule has 0 saturated carbocycles. The first-order chi connectivity index (χ1) is 11.6. The van der Waals surface area contributed by atoms with E-state index in [0.717, 1.165) is 17.4 Å². The summed E-state index contributed by atoms with van der Waals surface area (Å²) in [5, 5.41) is 4.52. The van der Waals surface area contributed by atoms with E-state index in [1.165, 1.54) is 6.20 Å². The summed E-state index contributed by atoms with van der Waals surface area (Å²) in [7, 11) is 0. The maximum atomic E-state index is 12.2. The van der Waals surface area contributed by atoms with E-state index in [1.54, 1.807) is 18.5 Å². The number of H-pyrrole nitrogens is 1. The number of esters is 1. The lowest BCUT2D eigenvalue weighted by Gasteiger charge is -2.09. The van der Waals surface area contributed by atoms with Gasteiger partial charge in [0.1, 0.15) is 10.6 Å². The molecule has 3 aromatic rings. The summed E-state index contributed by atoms with van der Waals surface area (Å²) in [6, 6.07) is 9.42. The molecule has 1 aromatic carbocycles. The normalized spacial score (nSPS) is 12.2. The van der Waals surface area contributed by atoms with Gasteiger partial charge in [0, 0.05) is 0 Å². The number of ether oxygens (including phenoxy) is 1. The fourth-order valence-corrected chi connectivity index (χ4v) is 2.98. The van der Waals surface area contributed by atoms with Gasteiger partial charge in [0.15, 0.2) is 10.8 Å². The average Bonchev–Trinajstić information content (AvgIpc) is 3.00. The van der Waals surface area contributed by atoms with Crippen molar-refractivity contribution in [2.75, 3.05) is 6.61 Å². The van der Waals surface area contributed by atoms with Gasteiger partial charge < -0.3 is 9.72 Å². The number of para-hydroxylation sites is 1. The largest absolute Gasteiger partial charge is 0.465 e. The highest BCUT2D eigenvalue weighted by molar-refractivity contribution is 8.00. The molecule has 0 fully saturated rings. The Balaban J connectivity index is 2.00. The maximum absolute atomic E-state index is 12.2. The van der Waals surface area contributed by atoms with Crippen LogP contribution in [0.2, 0.25) is 0 Å². The zero-order valence-electron chi connectivity index (χ0n) is 13.2. The molecule has 124 valence electrons. The number of hydrogen-bond donors (Lipinski definition) is 1. The van der Waals surface area contributed by atoms with Crippen molar-refractivity contribution in [1.29, 1.82) is 0 Å². The Kier molecular flexibility index (Phi) is 4.66. The fourth-order valence-electron chi connectivity index (χ4n) is 2.19. The average molecular weight is 344 g/mol. The van der Waals surface area contributed by atoms with Gasteiger partial charge in [-0.2, -0.15) is 5.10 Å². The molecule has 0 radical (unpaired) electrons. The number of aromatic amines is 1. The Morgan fingerprint density at radius 3 is 2.83 bits per heavy atom. The molecule has 1 N–H and O–H groups in total. The van der Waals surface area contributed by atoms with Gasteiger partial charge in [0.25, 0.3) is 5.56 Å². The van der Waals surface area contributed by atoms with E-state index in [1.807, 2.05) is 30.3 Å². The first-order valence-electron chi connectivity index (χ1n) is 7.47. The highest BCUT2D eigenvalue weighted by atomic mass is 32.2. The molecule has 0 saturated heterocycles. The van der Waals surface area contributed by atoms with Gasteiger partial charge in [0.05, 0.1) is 18.5 Å². The third kappa shape index (κ3) is 3.18. The topological polar surface area (TPSA) is 89.9 Å². The van der Waals surface area contributed by atoms with Crippen LogP contribution in [0, 0.1) is 0 Å². The number of carbonyl (C=O) groups excluding carboxylic acids is 1. The number of benzene rings is 1. The van der Waals surface area contributed by atoms with Crippen molar-refractivity contribution < 1.29 is 9.53 Å². The summed E-state index contributed by atoms with van der Waals surface area (Å²) in [6.07, 6.45) is 1.48. The molecule has 0 aliphatic carbocycles. The second kappa shape index (κ2) is 6.88. The van der Waals surface area contributed by atoms with Crippen molar-refractivity contribution >= 4 is 28.8 Å². The second-order valence-corrected chi connectivity index (χ2v) is 6.34. The summed E-state index contributed by atoms with van der Waals surface area (Å²) in [6.45, 7) is 3.77. The summed E-state index contributed by atoms with van der Waals surface area (Å²) >= 11 is 1.15. The molecule has 0 bridgehead atoms. The quantitative estimate of drug-likeness (QED) is 0.433. The molecule has 0 unspecified atom stereocenters. The molecule has 3 rings (SSSR count). The van der Waals surface area contributed by atoms with Gasteiger partial charge in [-0.05, 0) is 26.0 Å². The zero-order chi connectivity index (χ0) is 17.1. The van der Waals surface area contributed by atoms with E-state index in [4.69, 9.17) is 4.74 Å². The third-order valence-corrected chi connectivity index (χ3v) is 4.29. The Hall–Kier alpha value is -2.61. The first-order valence-corrected chi connectivity index (χ1v) is 8.35. The highest BCUT2D eigenvalue weighted by Gasteiger charge is 2.18. The molecule has 0 spiro atoms. The molecule has 8 heteroatoms. The van der Waals surface area contributed by atoms with Gasteiger partial charge >= 0.3 is 5.97 Å². The van der Waals surface area contributed by atoms with Crippen molar-refractivity contribution in [3.8, 4) is 5.69 Å². The lowest BCUT2D eigenvalue weighted by molar-refractivity contribution is -0.142. The number of nitrogens with one attached hydrogen (secondary N) is 1. The van der Waals surface area contributed by atoms with Crippen LogP contribution in [-0.2, 0) is 9.53 Å². The van der Waals surface area contributed by atoms with Crippen LogP contribution in [0.25, 0.3) is 16.7 Å². The molecule has 24 heavy (non-hydrogen) atoms. The monoisotopic (exact) mass is 344 g/mol. The number of thioether (sulfide) groups is 1. The van der Waals surface area contributed by atoms with E-state index in [0.29, 0.717) is 22.8 Å². The Bertz CT molecular complexity index is 920. The highest BCUT2D eigenvalue weighted by Crippen LogP contribution is 2.22. The van der Waals surface area contributed by atoms with Gasteiger partial charge in [-0.3, -0.25) is 9.59 Å². The summed E-state index contributed by atoms with van der Waals surface area (Å²) in [5.74, 6) is -0.346. The van der Waals surface area contributed by atoms with Crippen molar-refractivity contribution in [3.63, 3.8) is 0 Å². The Labute approximate surface area is 142 Å². The lowest BCUT2D eigenvalue weighted by atomic mass is 10.3. The summed E-state index contributed by atoms with van der Waals surface area (Å²) < 4.78 is 6.58. The van der Waals surface area contributed by atoms with E-state index in [-0.39, 0.29) is 11.5 Å². The SMILES string of the molecule is CCOC(=O)[C@H](C)Sc1nc2c(cnn2-c2ccccc2)c(=O)[nH]1. The van der Waals surface area contributed by atoms with Crippen LogP contribution in [-0.4, -0.2) is 37.6 Å². The molecule has 0 aliphatic heterocycles. The van der Waals surface area contributed by atoms with Crippen LogP contribution >= 0.6 is 11.8 Å². The van der Waals surface area contributed by atoms with Gasteiger partial charge in [0.2, 0.25) is 0 Å². The van der Waals surface area contributed by atoms with E-state index >= 15 is 0 Å². The van der Waals surface area contributed by atoms with Gasteiger partial charge in [-0.15, -0.1) is 0 Å². The zero-order valence-corrected chi connectivity index (χ0v) is 14.0. The smallest absolute Gasteiger partial charge is 0.319 e. The first kappa shape index (κ1) is 16.3. The van der Waals surface area contributed by atoms with E-state index < -0.39 is 5.25 Å². The Morgan fingerprint density at radius 2 is 2.12 bits per heavy atom. The number of rotatable bonds is 5. The van der Waals surface area contributed by atoms with Gasteiger partial charge in [-0.1, -0.05) is 30.0 Å². The molecule has 2 heterocycles. The minimum Gasteiger partial charge on any atom is -0.465 e. The van der Waals surface area contributed by atoms with Crippen molar-refractivity contribution in [1.82, 2.24) is 19.7 Å². The predicted octanol–water partition coefficient (Wildman–Crippen LogP) is 2.15. The fraction of sp³-hybridized carbons (Fsp3) is 0.250. The predicted molar refractivity (Wildman–Crippen MR) is 91.4 cm³/mol. The van der Waals surface area contributed by atoms with Crippen molar-refractivity contribution in [2.24, 2.45) is 0 Å². The molecule has 1 atom stereocenters. The lowest BCUT2D eigenvalue weighted by Crippen LogP contribution is -2.18. The standard InChI is InChI=1S/C16H16N4O3S/c1-3-23-15(22)10(2)24-16-18-13-12(14(21)19-16)9-17-20(13)11-7-5-4-6-8-11/h4-10H,3H2,1-2H3,(H,18,19,21)/t10-/m0/s1. The Morgan fingerprint density at radius 1 is 1.38 bits per heavy atom. The second-order valence-electron chi connectivity index (χ2n) is 5.01. The van der Waals surface area contributed by atoms with Crippen molar-refractivity contribution in [3.05, 3.63) is 46.9 Å². The van der Waals surface area contributed by atoms with Crippen LogP contribution in [0.5, 0.6) is 0 Å². The summed E-state index contributed by atoms with van der Waals surface area (Å²) in [5.41, 5.74) is 0.962. The van der Waals surface area contributed by atoms with E-state index in [2.05, 4.69) is 15.1 Å². The minimum atomic E-state index is -0.473. The van der Waals surface area contributed by atoms with Crippen LogP contribution < -0.4 is 5.56 Å². The number of aromatic nitrogens is 4. The molecule has 7 nitrogen and oxygen atoms in total. The van der Waals surface area contributed by atoms with Crippen LogP contribution in [0.15, 0.2) is 46.5 Å². The third-order valence-electron chi connectivity index (χ3n) is 3.32. The van der Waals surface area contributed by atoms with Crippen LogP contribution in [0.1, 0.15) is 13.8 Å².